The van der Waals surface area contributed by atoms with Crippen molar-refractivity contribution in [1.82, 2.24) is 4.90 Å². The predicted octanol–water partition coefficient (Wildman–Crippen LogP) is 2.82. The lowest BCUT2D eigenvalue weighted by atomic mass is 10.2. The Balaban J connectivity index is 1.06. The van der Waals surface area contributed by atoms with E-state index in [0.29, 0.717) is 31.4 Å². The molecule has 0 bridgehead atoms. The number of likely N-dealkylation sites (tertiary alicyclic amines) is 1. The summed E-state index contributed by atoms with van der Waals surface area (Å²) in [4.78, 5) is 4.57. The number of benzene rings is 2. The molecule has 2 aliphatic heterocycles. The number of hydrogen-bond acceptors (Lipinski definition) is 6. The van der Waals surface area contributed by atoms with Gasteiger partial charge in [-0.3, -0.25) is 4.90 Å². The molecule has 172 valence electrons. The van der Waals surface area contributed by atoms with Gasteiger partial charge in [0.2, 0.25) is 0 Å². The Morgan fingerprint density at radius 1 is 1.06 bits per heavy atom. The average Bonchev–Trinajstić information content (AvgIpc) is 3.28. The smallest absolute Gasteiger partial charge is 0.148 e. The SMILES string of the molecule is OCCOc1ccc(CN2CC3C(CNc4ccc(N5CCOCC5)c(F)c4)C3C2)cc1. The van der Waals surface area contributed by atoms with E-state index in [-0.39, 0.29) is 12.4 Å². The van der Waals surface area contributed by atoms with E-state index in [9.17, 15) is 4.39 Å². The minimum Gasteiger partial charge on any atom is -0.491 e. The highest BCUT2D eigenvalue weighted by molar-refractivity contribution is 5.56. The average molecular weight is 442 g/mol. The quantitative estimate of drug-likeness (QED) is 0.624. The molecule has 7 heteroatoms. The number of nitrogens with zero attached hydrogens (tertiary/aromatic N) is 2. The fourth-order valence-corrected chi connectivity index (χ4v) is 5.19. The normalized spacial score (nSPS) is 24.9. The Morgan fingerprint density at radius 2 is 1.81 bits per heavy atom. The molecule has 2 atom stereocenters. The lowest BCUT2D eigenvalue weighted by Gasteiger charge is -2.29. The Kier molecular flexibility index (Phi) is 6.48. The second-order valence-electron chi connectivity index (χ2n) is 9.05. The van der Waals surface area contributed by atoms with Gasteiger partial charge in [0, 0.05) is 45.0 Å². The van der Waals surface area contributed by atoms with Crippen LogP contribution in [0.2, 0.25) is 0 Å². The van der Waals surface area contributed by atoms with Crippen LogP contribution in [0.1, 0.15) is 5.56 Å². The third-order valence-corrected chi connectivity index (χ3v) is 6.98. The van der Waals surface area contributed by atoms with Gasteiger partial charge in [-0.05, 0) is 53.6 Å². The molecule has 2 aromatic rings. The number of anilines is 2. The number of hydrogen-bond donors (Lipinski definition) is 2. The van der Waals surface area contributed by atoms with Gasteiger partial charge in [-0.2, -0.15) is 0 Å². The number of rotatable bonds is 9. The second kappa shape index (κ2) is 9.65. The number of morpholine rings is 1. The van der Waals surface area contributed by atoms with E-state index in [1.54, 1.807) is 6.07 Å². The molecule has 3 aliphatic rings. The summed E-state index contributed by atoms with van der Waals surface area (Å²) >= 11 is 0. The zero-order valence-electron chi connectivity index (χ0n) is 18.4. The number of nitrogens with one attached hydrogen (secondary N) is 1. The molecule has 0 spiro atoms. The highest BCUT2D eigenvalue weighted by Gasteiger charge is 2.54. The van der Waals surface area contributed by atoms with Crippen molar-refractivity contribution in [3.05, 3.63) is 53.8 Å². The van der Waals surface area contributed by atoms with Gasteiger partial charge in [-0.15, -0.1) is 0 Å². The summed E-state index contributed by atoms with van der Waals surface area (Å²) in [6.07, 6.45) is 0. The van der Waals surface area contributed by atoms with Crippen LogP contribution in [0.4, 0.5) is 15.8 Å². The summed E-state index contributed by atoms with van der Waals surface area (Å²) < 4.78 is 25.4. The Labute approximate surface area is 188 Å². The van der Waals surface area contributed by atoms with Crippen LogP contribution in [0.5, 0.6) is 5.75 Å². The third kappa shape index (κ3) is 4.85. The molecular formula is C25H32FN3O3. The fourth-order valence-electron chi connectivity index (χ4n) is 5.19. The zero-order valence-corrected chi connectivity index (χ0v) is 18.4. The van der Waals surface area contributed by atoms with E-state index in [0.717, 1.165) is 62.5 Å². The summed E-state index contributed by atoms with van der Waals surface area (Å²) in [5, 5.41) is 12.3. The van der Waals surface area contributed by atoms with Crippen LogP contribution >= 0.6 is 0 Å². The van der Waals surface area contributed by atoms with Crippen molar-refractivity contribution in [2.24, 2.45) is 17.8 Å². The van der Waals surface area contributed by atoms with E-state index in [4.69, 9.17) is 14.6 Å². The monoisotopic (exact) mass is 441 g/mol. The number of piperidine rings is 1. The van der Waals surface area contributed by atoms with Gasteiger partial charge in [0.05, 0.1) is 25.5 Å². The Hall–Kier alpha value is -2.35. The standard InChI is InChI=1S/C25H32FN3O3/c26-24-13-19(3-6-25(24)29-7-10-31-11-8-29)27-14-21-22-16-28(17-23(21)22)15-18-1-4-20(5-2-18)32-12-9-30/h1-6,13,21-23,27,30H,7-12,14-17H2. The first-order chi connectivity index (χ1) is 15.7. The summed E-state index contributed by atoms with van der Waals surface area (Å²) in [6, 6.07) is 13.7. The predicted molar refractivity (Wildman–Crippen MR) is 123 cm³/mol. The number of fused-ring (bicyclic) bond motifs is 1. The lowest BCUT2D eigenvalue weighted by Crippen LogP contribution is -2.36. The van der Waals surface area contributed by atoms with E-state index in [1.807, 2.05) is 24.3 Å². The molecule has 3 fully saturated rings. The van der Waals surface area contributed by atoms with Crippen molar-refractivity contribution in [2.45, 2.75) is 6.54 Å². The largest absolute Gasteiger partial charge is 0.491 e. The topological polar surface area (TPSA) is 57.2 Å². The van der Waals surface area contributed by atoms with E-state index in [1.165, 1.54) is 5.56 Å². The molecule has 2 heterocycles. The Bertz CT molecular complexity index is 892. The molecule has 5 rings (SSSR count). The highest BCUT2D eigenvalue weighted by atomic mass is 19.1. The summed E-state index contributed by atoms with van der Waals surface area (Å²) in [7, 11) is 0. The first-order valence-electron chi connectivity index (χ1n) is 11.6. The minimum absolute atomic E-state index is 0.0308. The summed E-state index contributed by atoms with van der Waals surface area (Å²) in [5.74, 6) is 2.81. The van der Waals surface area contributed by atoms with Gasteiger partial charge >= 0.3 is 0 Å². The van der Waals surface area contributed by atoms with Gasteiger partial charge in [-0.1, -0.05) is 12.1 Å². The number of aliphatic hydroxyl groups excluding tert-OH is 1. The summed E-state index contributed by atoms with van der Waals surface area (Å²) in [5.41, 5.74) is 2.82. The van der Waals surface area contributed by atoms with Gasteiger partial charge in [0.1, 0.15) is 18.2 Å². The maximum Gasteiger partial charge on any atom is 0.148 e. The molecule has 2 unspecified atom stereocenters. The molecule has 1 saturated carbocycles. The molecule has 2 N–H and O–H groups in total. The van der Waals surface area contributed by atoms with Crippen LogP contribution in [-0.2, 0) is 11.3 Å². The molecule has 2 aromatic carbocycles. The van der Waals surface area contributed by atoms with Gasteiger partial charge in [-0.25, -0.2) is 4.39 Å². The minimum atomic E-state index is -0.160. The first-order valence-corrected chi connectivity index (χ1v) is 11.6. The molecule has 32 heavy (non-hydrogen) atoms. The molecule has 6 nitrogen and oxygen atoms in total. The third-order valence-electron chi connectivity index (χ3n) is 6.98. The molecule has 0 radical (unpaired) electrons. The van der Waals surface area contributed by atoms with Crippen LogP contribution in [0, 0.1) is 23.6 Å². The molecule has 2 saturated heterocycles. The van der Waals surface area contributed by atoms with Crippen LogP contribution in [0.3, 0.4) is 0 Å². The van der Waals surface area contributed by atoms with Gasteiger partial charge in [0.15, 0.2) is 0 Å². The van der Waals surface area contributed by atoms with E-state index in [2.05, 4.69) is 27.2 Å². The van der Waals surface area contributed by atoms with Crippen LogP contribution < -0.4 is 15.0 Å². The molecule has 1 aliphatic carbocycles. The summed E-state index contributed by atoms with van der Waals surface area (Å²) in [6.45, 7) is 7.29. The zero-order chi connectivity index (χ0) is 21.9. The first kappa shape index (κ1) is 21.5. The van der Waals surface area contributed by atoms with Crippen molar-refractivity contribution >= 4 is 11.4 Å². The van der Waals surface area contributed by atoms with Crippen molar-refractivity contribution in [3.8, 4) is 5.75 Å². The van der Waals surface area contributed by atoms with Crippen molar-refractivity contribution < 1.29 is 19.0 Å². The Morgan fingerprint density at radius 3 is 2.50 bits per heavy atom. The van der Waals surface area contributed by atoms with Crippen molar-refractivity contribution in [3.63, 3.8) is 0 Å². The maximum atomic E-state index is 14.6. The fraction of sp³-hybridized carbons (Fsp3) is 0.520. The van der Waals surface area contributed by atoms with Crippen molar-refractivity contribution in [1.29, 1.82) is 0 Å². The van der Waals surface area contributed by atoms with Gasteiger partial charge in [0.25, 0.3) is 0 Å². The van der Waals surface area contributed by atoms with Crippen LogP contribution in [0.15, 0.2) is 42.5 Å². The lowest BCUT2D eigenvalue weighted by molar-refractivity contribution is 0.122. The van der Waals surface area contributed by atoms with Crippen molar-refractivity contribution in [2.75, 3.05) is 69.4 Å². The van der Waals surface area contributed by atoms with E-state index >= 15 is 0 Å². The molecular weight excluding hydrogens is 409 g/mol. The number of aliphatic hydroxyl groups is 1. The van der Waals surface area contributed by atoms with E-state index < -0.39 is 0 Å². The maximum absolute atomic E-state index is 14.6. The van der Waals surface area contributed by atoms with Gasteiger partial charge < -0.3 is 24.8 Å². The molecule has 0 aromatic heterocycles. The second-order valence-corrected chi connectivity index (χ2v) is 9.05. The number of halogens is 1. The highest BCUT2D eigenvalue weighted by Crippen LogP contribution is 2.51. The van der Waals surface area contributed by atoms with Crippen LogP contribution in [0.25, 0.3) is 0 Å². The number of ether oxygens (including phenoxy) is 2. The van der Waals surface area contributed by atoms with Crippen LogP contribution in [-0.4, -0.2) is 69.2 Å². The molecule has 0 amide bonds.